The lowest BCUT2D eigenvalue weighted by molar-refractivity contribution is -0.128. The van der Waals surface area contributed by atoms with Gasteiger partial charge in [0, 0.05) is 45.2 Å². The van der Waals surface area contributed by atoms with Crippen LogP contribution in [0.3, 0.4) is 0 Å². The number of hydrogen-bond acceptors (Lipinski definition) is 4. The van der Waals surface area contributed by atoms with Gasteiger partial charge in [-0.15, -0.1) is 0 Å². The summed E-state index contributed by atoms with van der Waals surface area (Å²) in [5.41, 5.74) is 1.52. The molecule has 1 aliphatic heterocycles. The maximum absolute atomic E-state index is 13.2. The molecule has 0 unspecified atom stereocenters. The van der Waals surface area contributed by atoms with Crippen LogP contribution in [0.2, 0.25) is 0 Å². The Balaban J connectivity index is 1.41. The molecule has 1 aliphatic rings. The molecule has 4 rings (SSSR count). The minimum Gasteiger partial charge on any atom is -0.342 e. The molecule has 1 fully saturated rings. The van der Waals surface area contributed by atoms with E-state index >= 15 is 0 Å². The van der Waals surface area contributed by atoms with Gasteiger partial charge in [0.25, 0.3) is 0 Å². The lowest BCUT2D eigenvalue weighted by Crippen LogP contribution is -2.41. The molecule has 0 saturated carbocycles. The molecule has 0 bridgehead atoms. The van der Waals surface area contributed by atoms with Crippen molar-refractivity contribution in [1.82, 2.24) is 9.21 Å². The second-order valence-electron chi connectivity index (χ2n) is 8.71. The molecule has 0 radical (unpaired) electrons. The van der Waals surface area contributed by atoms with Gasteiger partial charge >= 0.3 is 0 Å². The molecule has 34 heavy (non-hydrogen) atoms. The number of piperidine rings is 1. The molecular weight excluding hydrogens is 450 g/mol. The first kappa shape index (κ1) is 23.9. The van der Waals surface area contributed by atoms with Gasteiger partial charge in [-0.1, -0.05) is 48.5 Å². The molecule has 8 heteroatoms. The van der Waals surface area contributed by atoms with Gasteiger partial charge in [0.1, 0.15) is 0 Å². The fraction of sp³-hybridized carbons (Fsp3) is 0.308. The van der Waals surface area contributed by atoms with E-state index in [9.17, 15) is 18.0 Å². The third-order valence-corrected chi connectivity index (χ3v) is 8.30. The summed E-state index contributed by atoms with van der Waals surface area (Å²) >= 11 is 0. The Morgan fingerprint density at radius 3 is 2.32 bits per heavy atom. The number of carbonyl (C=O) groups is 2. The fourth-order valence-corrected chi connectivity index (χ4v) is 5.72. The van der Waals surface area contributed by atoms with Gasteiger partial charge in [-0.3, -0.25) is 9.59 Å². The summed E-state index contributed by atoms with van der Waals surface area (Å²) in [7, 11) is -1.91. The number of anilines is 1. The standard InChI is InChI=1S/C26H29N3O4S/c1-19(30)28(2)18-23-9-5-6-10-25(23)27-26(31)21-13-15-29(16-14-21)34(32,33)24-12-11-20-7-3-4-8-22(20)17-24/h3-12,17,21H,13-16,18H2,1-2H3,(H,27,31). The molecule has 0 aliphatic carbocycles. The fourth-order valence-electron chi connectivity index (χ4n) is 4.22. The van der Waals surface area contributed by atoms with E-state index in [1.807, 2.05) is 54.6 Å². The van der Waals surface area contributed by atoms with Gasteiger partial charge in [-0.05, 0) is 47.4 Å². The van der Waals surface area contributed by atoms with Crippen molar-refractivity contribution in [2.75, 3.05) is 25.5 Å². The van der Waals surface area contributed by atoms with Crippen molar-refractivity contribution in [2.24, 2.45) is 5.92 Å². The quantitative estimate of drug-likeness (QED) is 0.582. The molecule has 3 aromatic carbocycles. The summed E-state index contributed by atoms with van der Waals surface area (Å²) in [4.78, 5) is 26.4. The highest BCUT2D eigenvalue weighted by atomic mass is 32.2. The predicted octanol–water partition coefficient (Wildman–Crippen LogP) is 3.86. The first-order valence-electron chi connectivity index (χ1n) is 11.3. The number of rotatable bonds is 6. The van der Waals surface area contributed by atoms with E-state index in [-0.39, 0.29) is 22.6 Å². The Morgan fingerprint density at radius 1 is 0.971 bits per heavy atom. The van der Waals surface area contributed by atoms with Crippen LogP contribution >= 0.6 is 0 Å². The summed E-state index contributed by atoms with van der Waals surface area (Å²) in [5.74, 6) is -0.455. The van der Waals surface area contributed by atoms with E-state index < -0.39 is 10.0 Å². The normalized spacial score (nSPS) is 15.2. The van der Waals surface area contributed by atoms with Crippen molar-refractivity contribution >= 4 is 38.3 Å². The van der Waals surface area contributed by atoms with Crippen LogP contribution in [0.25, 0.3) is 10.8 Å². The average molecular weight is 480 g/mol. The second kappa shape index (κ2) is 9.95. The van der Waals surface area contributed by atoms with Crippen LogP contribution in [-0.2, 0) is 26.2 Å². The number of carbonyl (C=O) groups excluding carboxylic acids is 2. The zero-order valence-electron chi connectivity index (χ0n) is 19.4. The van der Waals surface area contributed by atoms with Crippen LogP contribution in [0, 0.1) is 5.92 Å². The van der Waals surface area contributed by atoms with E-state index in [0.717, 1.165) is 16.3 Å². The smallest absolute Gasteiger partial charge is 0.243 e. The Kier molecular flexibility index (Phi) is 7.00. The first-order chi connectivity index (χ1) is 16.3. The number of amides is 2. The van der Waals surface area contributed by atoms with Crippen molar-refractivity contribution in [3.8, 4) is 0 Å². The van der Waals surface area contributed by atoms with Gasteiger partial charge in [0.2, 0.25) is 21.8 Å². The molecule has 0 spiro atoms. The molecule has 7 nitrogen and oxygen atoms in total. The molecule has 178 valence electrons. The van der Waals surface area contributed by atoms with E-state index in [0.29, 0.717) is 38.2 Å². The van der Waals surface area contributed by atoms with Crippen LogP contribution < -0.4 is 5.32 Å². The Morgan fingerprint density at radius 2 is 1.62 bits per heavy atom. The molecule has 1 saturated heterocycles. The second-order valence-corrected chi connectivity index (χ2v) is 10.6. The monoisotopic (exact) mass is 479 g/mol. The van der Waals surface area contributed by atoms with Crippen LogP contribution in [0.4, 0.5) is 5.69 Å². The number of sulfonamides is 1. The topological polar surface area (TPSA) is 86.8 Å². The van der Waals surface area contributed by atoms with Crippen molar-refractivity contribution in [3.05, 3.63) is 72.3 Å². The third kappa shape index (κ3) is 5.13. The third-order valence-electron chi connectivity index (χ3n) is 6.40. The Bertz CT molecular complexity index is 1310. The molecular formula is C26H29N3O4S. The number of hydrogen-bond donors (Lipinski definition) is 1. The number of para-hydroxylation sites is 1. The molecule has 2 amide bonds. The van der Waals surface area contributed by atoms with Crippen LogP contribution in [0.5, 0.6) is 0 Å². The maximum atomic E-state index is 13.2. The van der Waals surface area contributed by atoms with Gasteiger partial charge in [-0.2, -0.15) is 4.31 Å². The predicted molar refractivity (Wildman–Crippen MR) is 133 cm³/mol. The van der Waals surface area contributed by atoms with Crippen LogP contribution in [0.1, 0.15) is 25.3 Å². The first-order valence-corrected chi connectivity index (χ1v) is 12.8. The Hall–Kier alpha value is -3.23. The molecule has 3 aromatic rings. The van der Waals surface area contributed by atoms with Gasteiger partial charge in [0.05, 0.1) is 4.90 Å². The highest BCUT2D eigenvalue weighted by molar-refractivity contribution is 7.89. The summed E-state index contributed by atoms with van der Waals surface area (Å²) < 4.78 is 27.9. The zero-order chi connectivity index (χ0) is 24.3. The van der Waals surface area contributed by atoms with Crippen molar-refractivity contribution in [1.29, 1.82) is 0 Å². The minimum absolute atomic E-state index is 0.0545. The number of fused-ring (bicyclic) bond motifs is 1. The van der Waals surface area contributed by atoms with Crippen molar-refractivity contribution in [2.45, 2.75) is 31.2 Å². The van der Waals surface area contributed by atoms with E-state index in [2.05, 4.69) is 5.32 Å². The van der Waals surface area contributed by atoms with Crippen molar-refractivity contribution < 1.29 is 18.0 Å². The highest BCUT2D eigenvalue weighted by Gasteiger charge is 2.32. The van der Waals surface area contributed by atoms with Gasteiger partial charge < -0.3 is 10.2 Å². The SMILES string of the molecule is CC(=O)N(C)Cc1ccccc1NC(=O)C1CCN(S(=O)(=O)c2ccc3ccccc3c2)CC1. The van der Waals surface area contributed by atoms with Gasteiger partial charge in [-0.25, -0.2) is 8.42 Å². The van der Waals surface area contributed by atoms with E-state index in [1.165, 1.54) is 11.2 Å². The summed E-state index contributed by atoms with van der Waals surface area (Å²) in [6.45, 7) is 2.49. The van der Waals surface area contributed by atoms with E-state index in [4.69, 9.17) is 0 Å². The van der Waals surface area contributed by atoms with E-state index in [1.54, 1.807) is 24.1 Å². The lowest BCUT2D eigenvalue weighted by Gasteiger charge is -2.30. The lowest BCUT2D eigenvalue weighted by atomic mass is 9.97. The number of nitrogens with one attached hydrogen (secondary N) is 1. The largest absolute Gasteiger partial charge is 0.342 e. The zero-order valence-corrected chi connectivity index (χ0v) is 20.2. The molecule has 0 aromatic heterocycles. The van der Waals surface area contributed by atoms with Crippen molar-refractivity contribution in [3.63, 3.8) is 0 Å². The number of nitrogens with zero attached hydrogens (tertiary/aromatic N) is 2. The summed E-state index contributed by atoms with van der Waals surface area (Å²) in [5, 5.41) is 4.86. The minimum atomic E-state index is -3.63. The Labute approximate surface area is 200 Å². The highest BCUT2D eigenvalue weighted by Crippen LogP contribution is 2.27. The number of benzene rings is 3. The summed E-state index contributed by atoms with van der Waals surface area (Å²) in [6.07, 6.45) is 0.905. The van der Waals surface area contributed by atoms with Crippen LogP contribution in [0.15, 0.2) is 71.6 Å². The van der Waals surface area contributed by atoms with Gasteiger partial charge in [0.15, 0.2) is 0 Å². The van der Waals surface area contributed by atoms with Crippen LogP contribution in [-0.4, -0.2) is 49.6 Å². The maximum Gasteiger partial charge on any atom is 0.243 e. The average Bonchev–Trinajstić information content (AvgIpc) is 2.84. The molecule has 0 atom stereocenters. The molecule has 1 heterocycles. The summed E-state index contributed by atoms with van der Waals surface area (Å²) in [6, 6.07) is 20.2. The molecule has 1 N–H and O–H groups in total.